The summed E-state index contributed by atoms with van der Waals surface area (Å²) < 4.78 is 0. The molecule has 8 heteroatoms. The quantitative estimate of drug-likeness (QED) is 0.227. The number of carbonyl (C=O) groups is 4. The molecule has 0 aromatic rings. The van der Waals surface area contributed by atoms with Crippen LogP contribution in [0.2, 0.25) is 0 Å². The number of nitrogens with zero attached hydrogens (tertiary/aromatic N) is 4. The van der Waals surface area contributed by atoms with Crippen molar-refractivity contribution in [3.63, 3.8) is 0 Å². The van der Waals surface area contributed by atoms with Gasteiger partial charge in [-0.2, -0.15) is 5.26 Å². The summed E-state index contributed by atoms with van der Waals surface area (Å²) in [4.78, 5) is 49.9. The summed E-state index contributed by atoms with van der Waals surface area (Å²) in [6.07, 6.45) is 5.15. The molecule has 2 rings (SSSR count). The molecule has 2 aliphatic rings. The van der Waals surface area contributed by atoms with Gasteiger partial charge in [0.1, 0.15) is 0 Å². The molecule has 0 aromatic carbocycles. The van der Waals surface area contributed by atoms with Gasteiger partial charge < -0.3 is 0 Å². The van der Waals surface area contributed by atoms with Crippen molar-refractivity contribution in [1.29, 1.82) is 5.26 Å². The number of imide groups is 2. The molecule has 0 N–H and O–H groups in total. The molecule has 0 aliphatic carbocycles. The summed E-state index contributed by atoms with van der Waals surface area (Å²) in [6, 6.07) is 0. The third-order valence-electron chi connectivity index (χ3n) is 2.17. The highest BCUT2D eigenvalue weighted by Gasteiger charge is 2.38. The molecule has 8 nitrogen and oxygen atoms in total. The van der Waals surface area contributed by atoms with E-state index in [1.54, 1.807) is 0 Å². The maximum atomic E-state index is 11.4. The second-order valence-electron chi connectivity index (χ2n) is 3.20. The first-order valence-electron chi connectivity index (χ1n) is 4.65. The third kappa shape index (κ3) is 1.60. The largest absolute Gasteiger partial charge is 0.269 e. The van der Waals surface area contributed by atoms with Gasteiger partial charge in [-0.25, -0.2) is 9.80 Å². The van der Waals surface area contributed by atoms with Gasteiger partial charge in [0.2, 0.25) is 12.2 Å². The highest BCUT2D eigenvalue weighted by molar-refractivity contribution is 6.31. The Hall–Kier alpha value is -3.08. The van der Waals surface area contributed by atoms with E-state index in [-0.39, 0.29) is 0 Å². The minimum atomic E-state index is -0.776. The zero-order chi connectivity index (χ0) is 13.3. The molecule has 0 fully saturated rings. The van der Waals surface area contributed by atoms with Crippen molar-refractivity contribution in [3.8, 4) is 6.19 Å². The molecular formula is C10H4N4O4. The number of hydrogen-bond donors (Lipinski definition) is 0. The number of guanidine groups is 1. The Balaban J connectivity index is 2.43. The number of amides is 4. The van der Waals surface area contributed by atoms with E-state index < -0.39 is 29.6 Å². The van der Waals surface area contributed by atoms with Gasteiger partial charge in [0, 0.05) is 24.3 Å². The standard InChI is InChI=1S/C10H4N4O4/c11-5-12-10(13-6(15)1-2-7(13)16)14-8(17)3-4-9(14)18/h1-4H. The van der Waals surface area contributed by atoms with Crippen molar-refractivity contribution in [2.75, 3.05) is 0 Å². The predicted octanol–water partition coefficient (Wildman–Crippen LogP) is -1.33. The van der Waals surface area contributed by atoms with Gasteiger partial charge in [-0.3, -0.25) is 19.2 Å². The Morgan fingerprint density at radius 1 is 0.889 bits per heavy atom. The molecule has 2 aliphatic heterocycles. The summed E-state index contributed by atoms with van der Waals surface area (Å²) in [6.45, 7) is 0. The monoisotopic (exact) mass is 244 g/mol. The first-order chi connectivity index (χ1) is 8.56. The number of nitriles is 1. The van der Waals surface area contributed by atoms with Crippen LogP contribution in [0.1, 0.15) is 0 Å². The highest BCUT2D eigenvalue weighted by atomic mass is 16.2. The maximum absolute atomic E-state index is 11.4. The second kappa shape index (κ2) is 4.06. The first kappa shape index (κ1) is 11.4. The lowest BCUT2D eigenvalue weighted by atomic mass is 10.5. The van der Waals surface area contributed by atoms with Gasteiger partial charge in [-0.15, -0.1) is 4.99 Å². The lowest BCUT2D eigenvalue weighted by Gasteiger charge is -2.21. The lowest BCUT2D eigenvalue weighted by molar-refractivity contribution is -0.134. The van der Waals surface area contributed by atoms with E-state index in [9.17, 15) is 19.2 Å². The zero-order valence-corrected chi connectivity index (χ0v) is 8.73. The van der Waals surface area contributed by atoms with E-state index in [0.717, 1.165) is 24.3 Å². The van der Waals surface area contributed by atoms with Crippen LogP contribution in [-0.4, -0.2) is 39.4 Å². The topological polar surface area (TPSA) is 111 Å². The molecule has 18 heavy (non-hydrogen) atoms. The molecule has 0 unspecified atom stereocenters. The fraction of sp³-hybridized carbons (Fsp3) is 0. The van der Waals surface area contributed by atoms with E-state index in [1.165, 1.54) is 6.19 Å². The average Bonchev–Trinajstić information content (AvgIpc) is 2.82. The van der Waals surface area contributed by atoms with E-state index in [0.29, 0.717) is 9.80 Å². The molecule has 0 spiro atoms. The molecule has 0 bridgehead atoms. The number of rotatable bonds is 0. The van der Waals surface area contributed by atoms with Crippen molar-refractivity contribution in [3.05, 3.63) is 24.3 Å². The summed E-state index contributed by atoms with van der Waals surface area (Å²) in [5, 5.41) is 8.53. The van der Waals surface area contributed by atoms with Crippen LogP contribution in [0.5, 0.6) is 0 Å². The minimum absolute atomic E-state index is 0.478. The van der Waals surface area contributed by atoms with E-state index in [2.05, 4.69) is 4.99 Å². The van der Waals surface area contributed by atoms with Crippen LogP contribution in [0.3, 0.4) is 0 Å². The van der Waals surface area contributed by atoms with Crippen LogP contribution < -0.4 is 0 Å². The van der Waals surface area contributed by atoms with E-state index in [4.69, 9.17) is 5.26 Å². The fourth-order valence-electron chi connectivity index (χ4n) is 1.44. The van der Waals surface area contributed by atoms with Crippen molar-refractivity contribution < 1.29 is 19.2 Å². The number of hydrogen-bond acceptors (Lipinski definition) is 6. The van der Waals surface area contributed by atoms with Crippen molar-refractivity contribution in [2.24, 2.45) is 4.99 Å². The molecule has 88 valence electrons. The fourth-order valence-corrected chi connectivity index (χ4v) is 1.44. The second-order valence-corrected chi connectivity index (χ2v) is 3.20. The van der Waals surface area contributed by atoms with Crippen LogP contribution in [0.25, 0.3) is 0 Å². The normalized spacial score (nSPS) is 17.7. The Kier molecular flexibility index (Phi) is 2.57. The maximum Gasteiger partial charge on any atom is 0.260 e. The van der Waals surface area contributed by atoms with E-state index in [1.807, 2.05) is 0 Å². The van der Waals surface area contributed by atoms with Crippen molar-refractivity contribution >= 4 is 29.6 Å². The molecule has 2 heterocycles. The summed E-state index contributed by atoms with van der Waals surface area (Å²) in [5.41, 5.74) is 0. The highest BCUT2D eigenvalue weighted by Crippen LogP contribution is 2.13. The van der Waals surface area contributed by atoms with Crippen LogP contribution >= 0.6 is 0 Å². The van der Waals surface area contributed by atoms with Gasteiger partial charge in [-0.05, 0) is 0 Å². The average molecular weight is 244 g/mol. The summed E-state index contributed by atoms with van der Waals surface area (Å²) in [5.74, 6) is -3.72. The molecule has 0 radical (unpaired) electrons. The smallest absolute Gasteiger partial charge is 0.260 e. The Morgan fingerprint density at radius 3 is 1.50 bits per heavy atom. The zero-order valence-electron chi connectivity index (χ0n) is 8.73. The van der Waals surface area contributed by atoms with Crippen molar-refractivity contribution in [1.82, 2.24) is 9.80 Å². The molecule has 0 saturated heterocycles. The Morgan fingerprint density at radius 2 is 1.22 bits per heavy atom. The number of aliphatic imine (C=N–C) groups is 1. The predicted molar refractivity (Wildman–Crippen MR) is 55.0 cm³/mol. The number of carbonyl (C=O) groups excluding carboxylic acids is 4. The third-order valence-corrected chi connectivity index (χ3v) is 2.17. The van der Waals surface area contributed by atoms with Gasteiger partial charge >= 0.3 is 0 Å². The molecule has 0 atom stereocenters. The SMILES string of the molecule is N#CN=C(N1C(=O)C=CC1=O)N1C(=O)C=CC1=O. The minimum Gasteiger partial charge on any atom is -0.269 e. The van der Waals surface area contributed by atoms with Crippen LogP contribution in [0.4, 0.5) is 0 Å². The van der Waals surface area contributed by atoms with Crippen LogP contribution in [-0.2, 0) is 19.2 Å². The van der Waals surface area contributed by atoms with Gasteiger partial charge in [0.25, 0.3) is 23.6 Å². The van der Waals surface area contributed by atoms with E-state index >= 15 is 0 Å². The Labute approximate surface area is 100 Å². The van der Waals surface area contributed by atoms with Crippen LogP contribution in [0, 0.1) is 11.5 Å². The Bertz CT molecular complexity index is 528. The van der Waals surface area contributed by atoms with Gasteiger partial charge in [0.05, 0.1) is 0 Å². The van der Waals surface area contributed by atoms with Gasteiger partial charge in [-0.1, -0.05) is 0 Å². The summed E-state index contributed by atoms with van der Waals surface area (Å²) in [7, 11) is 0. The molecule has 0 aromatic heterocycles. The lowest BCUT2D eigenvalue weighted by Crippen LogP contribution is -2.49. The van der Waals surface area contributed by atoms with Gasteiger partial charge in [0.15, 0.2) is 0 Å². The molecule has 4 amide bonds. The summed E-state index contributed by atoms with van der Waals surface area (Å²) >= 11 is 0. The van der Waals surface area contributed by atoms with Crippen molar-refractivity contribution in [2.45, 2.75) is 0 Å². The first-order valence-corrected chi connectivity index (χ1v) is 4.65. The molecule has 0 saturated carbocycles. The molecular weight excluding hydrogens is 240 g/mol. The van der Waals surface area contributed by atoms with Crippen LogP contribution in [0.15, 0.2) is 29.3 Å².